The van der Waals surface area contributed by atoms with Gasteiger partial charge in [-0.25, -0.2) is 8.42 Å². The minimum absolute atomic E-state index is 0.0108. The summed E-state index contributed by atoms with van der Waals surface area (Å²) < 4.78 is 28.7. The van der Waals surface area contributed by atoms with Gasteiger partial charge in [-0.2, -0.15) is 0 Å². The second-order valence-corrected chi connectivity index (χ2v) is 13.2. The van der Waals surface area contributed by atoms with Crippen molar-refractivity contribution in [3.63, 3.8) is 0 Å². The number of sulfonamides is 1. The molecule has 11 heteroatoms. The molecule has 0 aliphatic heterocycles. The van der Waals surface area contributed by atoms with Crippen molar-refractivity contribution in [1.29, 1.82) is 0 Å². The molecule has 3 aromatic carbocycles. The molecule has 1 aliphatic rings. The van der Waals surface area contributed by atoms with Crippen molar-refractivity contribution in [2.24, 2.45) is 0 Å². The van der Waals surface area contributed by atoms with Gasteiger partial charge in [-0.15, -0.1) is 0 Å². The van der Waals surface area contributed by atoms with Gasteiger partial charge in [-0.3, -0.25) is 13.9 Å². The summed E-state index contributed by atoms with van der Waals surface area (Å²) >= 11 is 18.7. The monoisotopic (exact) mass is 635 g/mol. The molecule has 0 aromatic heterocycles. The summed E-state index contributed by atoms with van der Waals surface area (Å²) in [5.41, 5.74) is 0.792. The van der Waals surface area contributed by atoms with Crippen LogP contribution in [-0.2, 0) is 26.2 Å². The Bertz CT molecular complexity index is 1480. The number of benzene rings is 3. The van der Waals surface area contributed by atoms with Crippen molar-refractivity contribution in [3.8, 4) is 0 Å². The van der Waals surface area contributed by atoms with Crippen molar-refractivity contribution in [2.45, 2.75) is 62.6 Å². The highest BCUT2D eigenvalue weighted by Crippen LogP contribution is 2.33. The van der Waals surface area contributed by atoms with Crippen LogP contribution < -0.4 is 9.62 Å². The summed E-state index contributed by atoms with van der Waals surface area (Å²) in [5.74, 6) is -0.879. The molecule has 0 unspecified atom stereocenters. The lowest BCUT2D eigenvalue weighted by atomic mass is 9.95. The van der Waals surface area contributed by atoms with Crippen LogP contribution in [0.1, 0.15) is 44.6 Å². The Balaban J connectivity index is 1.69. The van der Waals surface area contributed by atoms with Crippen molar-refractivity contribution >= 4 is 62.3 Å². The minimum atomic E-state index is -4.23. The van der Waals surface area contributed by atoms with Gasteiger partial charge in [0.05, 0.1) is 15.6 Å². The average Bonchev–Trinajstić information content (AvgIpc) is 2.95. The lowest BCUT2D eigenvalue weighted by Crippen LogP contribution is -2.53. The number of halogens is 3. The van der Waals surface area contributed by atoms with Crippen LogP contribution in [0.15, 0.2) is 77.7 Å². The van der Waals surface area contributed by atoms with Gasteiger partial charge in [0.25, 0.3) is 10.0 Å². The average molecular weight is 637 g/mol. The van der Waals surface area contributed by atoms with Crippen LogP contribution in [0.25, 0.3) is 0 Å². The summed E-state index contributed by atoms with van der Waals surface area (Å²) in [4.78, 5) is 28.8. The molecule has 2 amide bonds. The van der Waals surface area contributed by atoms with Gasteiger partial charge >= 0.3 is 0 Å². The number of carbonyl (C=O) groups is 2. The first-order valence-corrected chi connectivity index (χ1v) is 16.0. The molecule has 1 saturated carbocycles. The largest absolute Gasteiger partial charge is 0.352 e. The highest BCUT2D eigenvalue weighted by atomic mass is 35.5. The van der Waals surface area contributed by atoms with Gasteiger partial charge in [0.1, 0.15) is 12.6 Å². The van der Waals surface area contributed by atoms with E-state index in [-0.39, 0.29) is 34.1 Å². The predicted octanol–water partition coefficient (Wildman–Crippen LogP) is 6.71. The molecule has 0 bridgehead atoms. The molecule has 1 aliphatic carbocycles. The van der Waals surface area contributed by atoms with E-state index in [0.29, 0.717) is 15.6 Å². The fourth-order valence-electron chi connectivity index (χ4n) is 4.90. The Labute approximate surface area is 256 Å². The number of nitrogens with zero attached hydrogens (tertiary/aromatic N) is 2. The maximum atomic E-state index is 14.0. The summed E-state index contributed by atoms with van der Waals surface area (Å²) in [5, 5.41) is 3.94. The SMILES string of the molecule is C[C@@H](C(=O)NC1CCCCC1)N(Cc1cccc(Cl)c1)C(=O)CN(c1ccc(Cl)cc1Cl)S(=O)(=O)c1ccccc1. The summed E-state index contributed by atoms with van der Waals surface area (Å²) in [6.45, 7) is 1.10. The zero-order valence-electron chi connectivity index (χ0n) is 22.6. The standard InChI is InChI=1S/C30H32Cl3N3O4S/c1-21(30(38)34-25-11-4-2-5-12-25)35(19-22-9-8-10-23(31)17-22)29(37)20-36(28-16-15-24(32)18-27(28)33)41(39,40)26-13-6-3-7-14-26/h3,6-10,13-18,21,25H,2,4-5,11-12,19-20H2,1H3,(H,34,38)/t21-/m0/s1. The third-order valence-electron chi connectivity index (χ3n) is 7.15. The highest BCUT2D eigenvalue weighted by molar-refractivity contribution is 7.92. The fourth-order valence-corrected chi connectivity index (χ4v) is 7.13. The molecule has 0 radical (unpaired) electrons. The lowest BCUT2D eigenvalue weighted by Gasteiger charge is -2.33. The number of nitrogens with one attached hydrogen (secondary N) is 1. The smallest absolute Gasteiger partial charge is 0.264 e. The molecule has 0 spiro atoms. The van der Waals surface area contributed by atoms with Crippen LogP contribution >= 0.6 is 34.8 Å². The van der Waals surface area contributed by atoms with Crippen LogP contribution in [0, 0.1) is 0 Å². The lowest BCUT2D eigenvalue weighted by molar-refractivity contribution is -0.139. The topological polar surface area (TPSA) is 86.8 Å². The molecular weight excluding hydrogens is 605 g/mol. The van der Waals surface area contributed by atoms with E-state index in [9.17, 15) is 18.0 Å². The van der Waals surface area contributed by atoms with Crippen LogP contribution in [0.2, 0.25) is 15.1 Å². The molecule has 7 nitrogen and oxygen atoms in total. The highest BCUT2D eigenvalue weighted by Gasteiger charge is 2.34. The Morgan fingerprint density at radius 3 is 2.24 bits per heavy atom. The summed E-state index contributed by atoms with van der Waals surface area (Å²) in [7, 11) is -4.23. The quantitative estimate of drug-likeness (QED) is 0.268. The van der Waals surface area contributed by atoms with Gasteiger partial charge in [0.2, 0.25) is 11.8 Å². The van der Waals surface area contributed by atoms with Gasteiger partial charge in [-0.1, -0.05) is 84.4 Å². The van der Waals surface area contributed by atoms with E-state index in [1.165, 1.54) is 35.2 Å². The van der Waals surface area contributed by atoms with Crippen molar-refractivity contribution in [2.75, 3.05) is 10.8 Å². The first-order valence-electron chi connectivity index (χ1n) is 13.4. The van der Waals surface area contributed by atoms with Crippen LogP contribution in [0.5, 0.6) is 0 Å². The molecule has 4 rings (SSSR count). The third kappa shape index (κ3) is 7.95. The zero-order chi connectivity index (χ0) is 29.6. The Morgan fingerprint density at radius 2 is 1.59 bits per heavy atom. The van der Waals surface area contributed by atoms with E-state index in [1.54, 1.807) is 49.4 Å². The fraction of sp³-hybridized carbons (Fsp3) is 0.333. The molecule has 218 valence electrons. The molecule has 1 fully saturated rings. The zero-order valence-corrected chi connectivity index (χ0v) is 25.7. The molecule has 1 atom stereocenters. The van der Waals surface area contributed by atoms with Gasteiger partial charge in [0.15, 0.2) is 0 Å². The van der Waals surface area contributed by atoms with E-state index in [2.05, 4.69) is 5.32 Å². The number of rotatable bonds is 10. The van der Waals surface area contributed by atoms with E-state index in [1.807, 2.05) is 0 Å². The maximum absolute atomic E-state index is 14.0. The Morgan fingerprint density at radius 1 is 0.902 bits per heavy atom. The van der Waals surface area contributed by atoms with Gasteiger partial charge in [0, 0.05) is 22.6 Å². The van der Waals surface area contributed by atoms with E-state index >= 15 is 0 Å². The predicted molar refractivity (Wildman–Crippen MR) is 164 cm³/mol. The Hall–Kier alpha value is -2.78. The third-order valence-corrected chi connectivity index (χ3v) is 9.70. The van der Waals surface area contributed by atoms with Crippen LogP contribution in [0.3, 0.4) is 0 Å². The number of hydrogen-bond donors (Lipinski definition) is 1. The number of anilines is 1. The molecule has 41 heavy (non-hydrogen) atoms. The first-order chi connectivity index (χ1) is 19.6. The first kappa shape index (κ1) is 31.2. The molecular formula is C30H32Cl3N3O4S. The van der Waals surface area contributed by atoms with E-state index < -0.39 is 28.5 Å². The van der Waals surface area contributed by atoms with Gasteiger partial charge < -0.3 is 10.2 Å². The maximum Gasteiger partial charge on any atom is 0.264 e. The normalized spacial score (nSPS) is 14.7. The number of hydrogen-bond acceptors (Lipinski definition) is 4. The minimum Gasteiger partial charge on any atom is -0.352 e. The molecule has 3 aromatic rings. The Kier molecular flexibility index (Phi) is 10.6. The van der Waals surface area contributed by atoms with Crippen molar-refractivity contribution in [1.82, 2.24) is 10.2 Å². The van der Waals surface area contributed by atoms with Crippen molar-refractivity contribution < 1.29 is 18.0 Å². The number of amides is 2. The van der Waals surface area contributed by atoms with E-state index in [0.717, 1.165) is 36.4 Å². The van der Waals surface area contributed by atoms with Gasteiger partial charge in [-0.05, 0) is 67.8 Å². The summed E-state index contributed by atoms with van der Waals surface area (Å²) in [6.07, 6.45) is 5.00. The van der Waals surface area contributed by atoms with E-state index in [4.69, 9.17) is 34.8 Å². The molecule has 0 saturated heterocycles. The van der Waals surface area contributed by atoms with Crippen LogP contribution in [0.4, 0.5) is 5.69 Å². The number of carbonyl (C=O) groups excluding carboxylic acids is 2. The van der Waals surface area contributed by atoms with Crippen LogP contribution in [-0.4, -0.2) is 43.8 Å². The second kappa shape index (κ2) is 13.9. The second-order valence-electron chi connectivity index (χ2n) is 10.1. The molecule has 0 heterocycles. The van der Waals surface area contributed by atoms with Crippen molar-refractivity contribution in [3.05, 3.63) is 93.4 Å². The summed E-state index contributed by atoms with van der Waals surface area (Å²) in [6, 6.07) is 18.3. The molecule has 1 N–H and O–H groups in total.